The van der Waals surface area contributed by atoms with E-state index in [1.54, 1.807) is 30.3 Å². The van der Waals surface area contributed by atoms with Gasteiger partial charge in [0, 0.05) is 18.5 Å². The molecule has 0 aromatic heterocycles. The van der Waals surface area contributed by atoms with Crippen LogP contribution in [-0.2, 0) is 40.4 Å². The van der Waals surface area contributed by atoms with E-state index in [0.717, 1.165) is 24.8 Å². The molecule has 0 spiro atoms. The van der Waals surface area contributed by atoms with Gasteiger partial charge < -0.3 is 19.5 Å². The number of esters is 2. The molecule has 14 heteroatoms. The van der Waals surface area contributed by atoms with Crippen LogP contribution in [0, 0.1) is 16.0 Å². The van der Waals surface area contributed by atoms with Crippen molar-refractivity contribution in [3.63, 3.8) is 0 Å². The largest absolute Gasteiger partial charge is 0.468 e. The third-order valence-corrected chi connectivity index (χ3v) is 7.83. The Balaban J connectivity index is 1.87. The molecule has 0 aliphatic carbocycles. The van der Waals surface area contributed by atoms with Crippen molar-refractivity contribution >= 4 is 33.7 Å². The molecule has 1 amide bonds. The SMILES string of the molecule is COC(=O)CN(C[C@H]1[C@H](NC(=O)OCc2ccccc2)CC(=O)O[C@@H]1C)S(=O)(=O)c1ccccc1[N+](=O)[O-]. The highest BCUT2D eigenvalue weighted by Gasteiger charge is 2.42. The molecule has 38 heavy (non-hydrogen) atoms. The van der Waals surface area contributed by atoms with Gasteiger partial charge in [0.1, 0.15) is 19.3 Å². The zero-order valence-electron chi connectivity index (χ0n) is 20.6. The van der Waals surface area contributed by atoms with Crippen LogP contribution in [0.25, 0.3) is 0 Å². The Hall–Kier alpha value is -4.04. The van der Waals surface area contributed by atoms with Crippen LogP contribution in [0.1, 0.15) is 18.9 Å². The molecule has 2 aromatic carbocycles. The van der Waals surface area contributed by atoms with Crippen molar-refractivity contribution in [3.05, 3.63) is 70.3 Å². The second kappa shape index (κ2) is 12.5. The number of cyclic esters (lactones) is 1. The van der Waals surface area contributed by atoms with Gasteiger partial charge in [-0.25, -0.2) is 13.2 Å². The van der Waals surface area contributed by atoms with E-state index in [9.17, 15) is 32.9 Å². The van der Waals surface area contributed by atoms with Crippen molar-refractivity contribution in [2.75, 3.05) is 20.2 Å². The molecule has 0 saturated carbocycles. The summed E-state index contributed by atoms with van der Waals surface area (Å²) in [6, 6.07) is 12.7. The first-order valence-corrected chi connectivity index (χ1v) is 12.9. The number of nitro groups is 1. The molecule has 0 bridgehead atoms. The molecular formula is C24H27N3O10S. The van der Waals surface area contributed by atoms with Crippen molar-refractivity contribution < 1.29 is 41.9 Å². The van der Waals surface area contributed by atoms with E-state index in [0.29, 0.717) is 4.31 Å². The normalized spacial score (nSPS) is 19.3. The van der Waals surface area contributed by atoms with Crippen LogP contribution >= 0.6 is 0 Å². The smallest absolute Gasteiger partial charge is 0.407 e. The van der Waals surface area contributed by atoms with Crippen molar-refractivity contribution in [1.29, 1.82) is 0 Å². The van der Waals surface area contributed by atoms with Crippen LogP contribution < -0.4 is 5.32 Å². The summed E-state index contributed by atoms with van der Waals surface area (Å²) in [5, 5.41) is 14.1. The average molecular weight is 550 g/mol. The molecule has 1 aliphatic rings. The van der Waals surface area contributed by atoms with Gasteiger partial charge in [0.2, 0.25) is 10.0 Å². The van der Waals surface area contributed by atoms with Crippen LogP contribution in [0.3, 0.4) is 0 Å². The number of alkyl carbamates (subject to hydrolysis) is 1. The lowest BCUT2D eigenvalue weighted by atomic mass is 9.89. The molecule has 1 fully saturated rings. The molecule has 2 aromatic rings. The second-order valence-electron chi connectivity index (χ2n) is 8.47. The maximum atomic E-state index is 13.5. The number of carbonyl (C=O) groups excluding carboxylic acids is 3. The quantitative estimate of drug-likeness (QED) is 0.200. The summed E-state index contributed by atoms with van der Waals surface area (Å²) in [7, 11) is -3.54. The van der Waals surface area contributed by atoms with Gasteiger partial charge in [0.25, 0.3) is 5.69 Å². The number of sulfonamides is 1. The van der Waals surface area contributed by atoms with Crippen LogP contribution in [-0.4, -0.2) is 68.0 Å². The van der Waals surface area contributed by atoms with E-state index in [4.69, 9.17) is 9.47 Å². The van der Waals surface area contributed by atoms with Gasteiger partial charge in [-0.1, -0.05) is 42.5 Å². The van der Waals surface area contributed by atoms with Crippen molar-refractivity contribution in [2.45, 2.75) is 37.0 Å². The lowest BCUT2D eigenvalue weighted by Crippen LogP contribution is -2.55. The van der Waals surface area contributed by atoms with E-state index in [1.807, 2.05) is 0 Å². The fraction of sp³-hybridized carbons (Fsp3) is 0.375. The molecule has 0 unspecified atom stereocenters. The number of hydrogen-bond donors (Lipinski definition) is 1. The third kappa shape index (κ3) is 7.04. The molecule has 1 N–H and O–H groups in total. The Morgan fingerprint density at radius 3 is 2.47 bits per heavy atom. The molecule has 3 rings (SSSR count). The summed E-state index contributed by atoms with van der Waals surface area (Å²) < 4.78 is 42.9. The summed E-state index contributed by atoms with van der Waals surface area (Å²) in [6.07, 6.45) is -2.00. The lowest BCUT2D eigenvalue weighted by Gasteiger charge is -2.38. The number of rotatable bonds is 10. The highest BCUT2D eigenvalue weighted by Crippen LogP contribution is 2.30. The maximum absolute atomic E-state index is 13.5. The molecule has 0 radical (unpaired) electrons. The third-order valence-electron chi connectivity index (χ3n) is 5.97. The van der Waals surface area contributed by atoms with Crippen LogP contribution in [0.5, 0.6) is 0 Å². The molecular weight excluding hydrogens is 522 g/mol. The Morgan fingerprint density at radius 2 is 1.82 bits per heavy atom. The lowest BCUT2D eigenvalue weighted by molar-refractivity contribution is -0.387. The Bertz CT molecular complexity index is 1290. The minimum atomic E-state index is -4.61. The van der Waals surface area contributed by atoms with Crippen LogP contribution in [0.4, 0.5) is 10.5 Å². The van der Waals surface area contributed by atoms with E-state index in [2.05, 4.69) is 10.1 Å². The average Bonchev–Trinajstić information content (AvgIpc) is 2.89. The molecule has 204 valence electrons. The topological polar surface area (TPSA) is 171 Å². The first-order valence-electron chi connectivity index (χ1n) is 11.5. The number of methoxy groups -OCH3 is 1. The summed E-state index contributed by atoms with van der Waals surface area (Å²) in [4.78, 5) is 46.8. The van der Waals surface area contributed by atoms with E-state index in [1.165, 1.54) is 19.1 Å². The van der Waals surface area contributed by atoms with Gasteiger partial charge in [-0.2, -0.15) is 4.31 Å². The molecule has 3 atom stereocenters. The number of amides is 1. The van der Waals surface area contributed by atoms with E-state index < -0.39 is 74.7 Å². The highest BCUT2D eigenvalue weighted by atomic mass is 32.2. The summed E-state index contributed by atoms with van der Waals surface area (Å²) >= 11 is 0. The predicted octanol–water partition coefficient (Wildman–Crippen LogP) is 2.01. The van der Waals surface area contributed by atoms with Crippen molar-refractivity contribution in [1.82, 2.24) is 9.62 Å². The summed E-state index contributed by atoms with van der Waals surface area (Å²) in [5.41, 5.74) is 0.0556. The minimum absolute atomic E-state index is 0.0371. The minimum Gasteiger partial charge on any atom is -0.468 e. The Morgan fingerprint density at radius 1 is 1.16 bits per heavy atom. The first kappa shape index (κ1) is 28.5. The van der Waals surface area contributed by atoms with E-state index in [-0.39, 0.29) is 13.0 Å². The predicted molar refractivity (Wildman–Crippen MR) is 131 cm³/mol. The molecule has 13 nitrogen and oxygen atoms in total. The zero-order valence-corrected chi connectivity index (χ0v) is 21.5. The molecule has 1 aliphatic heterocycles. The van der Waals surface area contributed by atoms with Crippen LogP contribution in [0.15, 0.2) is 59.5 Å². The summed E-state index contributed by atoms with van der Waals surface area (Å²) in [5.74, 6) is -2.37. The van der Waals surface area contributed by atoms with E-state index >= 15 is 0 Å². The number of ether oxygens (including phenoxy) is 3. The van der Waals surface area contributed by atoms with Gasteiger partial charge in [-0.15, -0.1) is 0 Å². The van der Waals surface area contributed by atoms with Gasteiger partial charge in [0.15, 0.2) is 4.90 Å². The van der Waals surface area contributed by atoms with Gasteiger partial charge >= 0.3 is 18.0 Å². The number of carbonyl (C=O) groups is 3. The fourth-order valence-corrected chi connectivity index (χ4v) is 5.59. The number of benzene rings is 2. The first-order chi connectivity index (χ1) is 18.0. The maximum Gasteiger partial charge on any atom is 0.407 e. The number of nitrogens with zero attached hydrogens (tertiary/aromatic N) is 2. The Labute approximate surface area is 218 Å². The second-order valence-corrected chi connectivity index (χ2v) is 10.4. The number of nitrogens with one attached hydrogen (secondary N) is 1. The summed E-state index contributed by atoms with van der Waals surface area (Å²) in [6.45, 7) is 0.277. The standard InChI is InChI=1S/C24H27N3O10S/c1-16-18(19(12-22(28)37-16)25-24(30)36-15-17-8-4-3-5-9-17)13-26(14-23(29)35-2)38(33,34)21-11-7-6-10-20(21)27(31)32/h3-11,16,18-19H,12-15H2,1-2H3,(H,25,30)/t16-,18-,19-/m1/s1. The van der Waals surface area contributed by atoms with Gasteiger partial charge in [-0.3, -0.25) is 19.7 Å². The number of para-hydroxylation sites is 1. The van der Waals surface area contributed by atoms with Gasteiger partial charge in [-0.05, 0) is 18.6 Å². The fourth-order valence-electron chi connectivity index (χ4n) is 4.01. The monoisotopic (exact) mass is 549 g/mol. The highest BCUT2D eigenvalue weighted by molar-refractivity contribution is 7.89. The Kier molecular flexibility index (Phi) is 9.36. The van der Waals surface area contributed by atoms with Gasteiger partial charge in [0.05, 0.1) is 24.5 Å². The number of hydrogen-bond acceptors (Lipinski definition) is 10. The zero-order chi connectivity index (χ0) is 27.9. The van der Waals surface area contributed by atoms with Crippen molar-refractivity contribution in [3.8, 4) is 0 Å². The molecule has 1 heterocycles. The van der Waals surface area contributed by atoms with Crippen LogP contribution in [0.2, 0.25) is 0 Å². The number of nitro benzene ring substituents is 1. The molecule has 1 saturated heterocycles. The van der Waals surface area contributed by atoms with Crippen molar-refractivity contribution in [2.24, 2.45) is 5.92 Å².